The molecule has 0 saturated carbocycles. The molecule has 1 aliphatic rings. The van der Waals surface area contributed by atoms with Gasteiger partial charge in [0.15, 0.2) is 24.6 Å². The lowest BCUT2D eigenvalue weighted by molar-refractivity contribution is -0.881. The Morgan fingerprint density at radius 1 is 1.04 bits per heavy atom. The summed E-state index contributed by atoms with van der Waals surface area (Å²) in [7, 11) is 1.55. The highest BCUT2D eigenvalue weighted by Gasteiger charge is 2.19. The maximum atomic E-state index is 12.4. The maximum absolute atomic E-state index is 12.4. The number of nitrogens with one attached hydrogen (secondary N) is 3. The van der Waals surface area contributed by atoms with Gasteiger partial charge in [-0.15, -0.1) is 0 Å². The summed E-state index contributed by atoms with van der Waals surface area (Å²) < 4.78 is 15.8. The van der Waals surface area contributed by atoms with Gasteiger partial charge in [-0.1, -0.05) is 12.1 Å². The van der Waals surface area contributed by atoms with Crippen molar-refractivity contribution >= 4 is 23.2 Å². The third-order valence-electron chi connectivity index (χ3n) is 4.36. The number of carbonyl (C=O) groups is 2. The third kappa shape index (κ3) is 4.92. The predicted molar refractivity (Wildman–Crippen MR) is 104 cm³/mol. The van der Waals surface area contributed by atoms with Crippen LogP contribution < -0.4 is 29.7 Å². The van der Waals surface area contributed by atoms with Crippen molar-refractivity contribution < 1.29 is 28.7 Å². The van der Waals surface area contributed by atoms with Gasteiger partial charge < -0.3 is 29.7 Å². The van der Waals surface area contributed by atoms with E-state index in [0.29, 0.717) is 35.2 Å². The van der Waals surface area contributed by atoms with Crippen LogP contribution in [0.15, 0.2) is 42.5 Å². The Bertz CT molecular complexity index is 855. The van der Waals surface area contributed by atoms with E-state index < -0.39 is 0 Å². The van der Waals surface area contributed by atoms with Gasteiger partial charge in [-0.2, -0.15) is 0 Å². The Labute approximate surface area is 163 Å². The first-order chi connectivity index (χ1) is 13.6. The Morgan fingerprint density at radius 2 is 1.75 bits per heavy atom. The van der Waals surface area contributed by atoms with E-state index >= 15 is 0 Å². The van der Waals surface area contributed by atoms with E-state index in [0.717, 1.165) is 4.90 Å². The number of likely N-dealkylation sites (N-methyl/N-ethyl adjacent to an activating group) is 1. The maximum Gasteiger partial charge on any atom is 0.279 e. The first-order valence-electron chi connectivity index (χ1n) is 9.05. The number of rotatable bonds is 8. The third-order valence-corrected chi connectivity index (χ3v) is 4.36. The zero-order valence-electron chi connectivity index (χ0n) is 15.9. The molecule has 2 aromatic carbocycles. The number of ether oxygens (including phenoxy) is 3. The second-order valence-corrected chi connectivity index (χ2v) is 6.32. The molecule has 0 spiro atoms. The number of anilines is 2. The van der Waals surface area contributed by atoms with Crippen molar-refractivity contribution in [1.29, 1.82) is 0 Å². The molecule has 0 aromatic heterocycles. The summed E-state index contributed by atoms with van der Waals surface area (Å²) in [5, 5.41) is 5.66. The van der Waals surface area contributed by atoms with Gasteiger partial charge in [0, 0.05) is 11.8 Å². The molecular formula is C20H24N3O5+. The number of fused-ring (bicyclic) bond motifs is 1. The van der Waals surface area contributed by atoms with Crippen molar-refractivity contribution in [3.8, 4) is 17.2 Å². The Morgan fingerprint density at radius 3 is 2.50 bits per heavy atom. The minimum atomic E-state index is -0.183. The highest BCUT2D eigenvalue weighted by atomic mass is 16.7. The van der Waals surface area contributed by atoms with E-state index in [1.54, 1.807) is 37.4 Å². The smallest absolute Gasteiger partial charge is 0.279 e. The van der Waals surface area contributed by atoms with Crippen molar-refractivity contribution in [3.63, 3.8) is 0 Å². The highest BCUT2D eigenvalue weighted by molar-refractivity contribution is 5.94. The fourth-order valence-corrected chi connectivity index (χ4v) is 2.89. The molecule has 2 amide bonds. The van der Waals surface area contributed by atoms with E-state index in [4.69, 9.17) is 14.2 Å². The average molecular weight is 386 g/mol. The number of benzene rings is 2. The van der Waals surface area contributed by atoms with Crippen LogP contribution in [0.4, 0.5) is 11.4 Å². The molecule has 1 atom stereocenters. The minimum absolute atomic E-state index is 0.170. The second kappa shape index (κ2) is 9.09. The van der Waals surface area contributed by atoms with Gasteiger partial charge in [0.25, 0.3) is 11.8 Å². The summed E-state index contributed by atoms with van der Waals surface area (Å²) in [6.45, 7) is 3.09. The number of para-hydroxylation sites is 2. The summed E-state index contributed by atoms with van der Waals surface area (Å²) in [6.07, 6.45) is 0. The van der Waals surface area contributed by atoms with Gasteiger partial charge in [0.2, 0.25) is 6.79 Å². The molecule has 0 aliphatic carbocycles. The summed E-state index contributed by atoms with van der Waals surface area (Å²) in [5.74, 6) is 1.49. The molecule has 8 nitrogen and oxygen atoms in total. The number of carbonyl (C=O) groups excluding carboxylic acids is 2. The van der Waals surface area contributed by atoms with E-state index in [1.165, 1.54) is 0 Å². The lowest BCUT2D eigenvalue weighted by Gasteiger charge is -2.17. The van der Waals surface area contributed by atoms with Crippen molar-refractivity contribution in [2.45, 2.75) is 6.92 Å². The van der Waals surface area contributed by atoms with E-state index in [-0.39, 0.29) is 31.7 Å². The van der Waals surface area contributed by atoms with Gasteiger partial charge >= 0.3 is 0 Å². The Hall–Kier alpha value is -3.26. The first kappa shape index (κ1) is 19.5. The topological polar surface area (TPSA) is 90.3 Å². The predicted octanol–water partition coefficient (Wildman–Crippen LogP) is 0.906. The lowest BCUT2D eigenvalue weighted by Crippen LogP contribution is -3.13. The van der Waals surface area contributed by atoms with Crippen LogP contribution in [-0.2, 0) is 9.59 Å². The highest BCUT2D eigenvalue weighted by Crippen LogP contribution is 2.34. The molecule has 0 radical (unpaired) electrons. The second-order valence-electron chi connectivity index (χ2n) is 6.32. The molecule has 3 N–H and O–H groups in total. The van der Waals surface area contributed by atoms with E-state index in [9.17, 15) is 9.59 Å². The Kier molecular flexibility index (Phi) is 6.33. The van der Waals surface area contributed by atoms with Crippen molar-refractivity contribution in [2.24, 2.45) is 0 Å². The largest absolute Gasteiger partial charge is 0.495 e. The first-order valence-corrected chi connectivity index (χ1v) is 9.05. The van der Waals surface area contributed by atoms with Crippen LogP contribution in [0.3, 0.4) is 0 Å². The molecule has 148 valence electrons. The molecule has 8 heteroatoms. The molecule has 2 aromatic rings. The summed E-state index contributed by atoms with van der Waals surface area (Å²) in [4.78, 5) is 25.6. The average Bonchev–Trinajstić information content (AvgIpc) is 3.15. The number of quaternary nitrogens is 1. The molecule has 3 rings (SSSR count). The van der Waals surface area contributed by atoms with Gasteiger partial charge in [-0.05, 0) is 31.2 Å². The van der Waals surface area contributed by atoms with E-state index in [1.807, 2.05) is 19.1 Å². The van der Waals surface area contributed by atoms with Crippen LogP contribution >= 0.6 is 0 Å². The minimum Gasteiger partial charge on any atom is -0.495 e. The van der Waals surface area contributed by atoms with Gasteiger partial charge in [0.05, 0.1) is 19.3 Å². The van der Waals surface area contributed by atoms with Crippen LogP contribution in [0.25, 0.3) is 0 Å². The number of hydrogen-bond acceptors (Lipinski definition) is 5. The van der Waals surface area contributed by atoms with Crippen molar-refractivity contribution in [1.82, 2.24) is 0 Å². The SMILES string of the molecule is CC[NH+](CC(=O)Nc1ccc2c(c1)OCO2)CC(=O)Nc1ccccc1OC. The molecule has 1 aliphatic heterocycles. The van der Waals surface area contributed by atoms with Crippen LogP contribution in [-0.4, -0.2) is 45.4 Å². The van der Waals surface area contributed by atoms with Crippen LogP contribution in [0.1, 0.15) is 6.92 Å². The summed E-state index contributed by atoms with van der Waals surface area (Å²) in [5.41, 5.74) is 1.23. The number of hydrogen-bond donors (Lipinski definition) is 3. The molecule has 1 unspecified atom stereocenters. The molecule has 28 heavy (non-hydrogen) atoms. The fraction of sp³-hybridized carbons (Fsp3) is 0.300. The van der Waals surface area contributed by atoms with Gasteiger partial charge in [-0.3, -0.25) is 9.59 Å². The van der Waals surface area contributed by atoms with Crippen molar-refractivity contribution in [3.05, 3.63) is 42.5 Å². The monoisotopic (exact) mass is 386 g/mol. The molecule has 0 bridgehead atoms. The normalized spacial score (nSPS) is 12.9. The van der Waals surface area contributed by atoms with Crippen molar-refractivity contribution in [2.75, 3.05) is 44.2 Å². The lowest BCUT2D eigenvalue weighted by atomic mass is 10.2. The quantitative estimate of drug-likeness (QED) is 0.627. The zero-order chi connectivity index (χ0) is 19.9. The molecule has 0 saturated heterocycles. The standard InChI is InChI=1S/C20H23N3O5/c1-3-23(12-20(25)22-15-6-4-5-7-16(15)26-2)11-19(24)21-14-8-9-17-18(10-14)28-13-27-17/h4-10H,3,11-13H2,1-2H3,(H,21,24)(H,22,25)/p+1. The van der Waals surface area contributed by atoms with Crippen LogP contribution in [0.2, 0.25) is 0 Å². The van der Waals surface area contributed by atoms with Crippen LogP contribution in [0, 0.1) is 0 Å². The van der Waals surface area contributed by atoms with Gasteiger partial charge in [0.1, 0.15) is 5.75 Å². The molecule has 0 fully saturated rings. The van der Waals surface area contributed by atoms with Crippen LogP contribution in [0.5, 0.6) is 17.2 Å². The molecular weight excluding hydrogens is 362 g/mol. The number of methoxy groups -OCH3 is 1. The Balaban J connectivity index is 1.53. The molecule has 1 heterocycles. The van der Waals surface area contributed by atoms with E-state index in [2.05, 4.69) is 10.6 Å². The zero-order valence-corrected chi connectivity index (χ0v) is 15.9. The number of amides is 2. The summed E-state index contributed by atoms with van der Waals surface area (Å²) >= 11 is 0. The fourth-order valence-electron chi connectivity index (χ4n) is 2.89. The summed E-state index contributed by atoms with van der Waals surface area (Å²) in [6, 6.07) is 12.4. The van der Waals surface area contributed by atoms with Gasteiger partial charge in [-0.25, -0.2) is 0 Å².